The molecule has 1 aromatic heterocycles. The van der Waals surface area contributed by atoms with Gasteiger partial charge < -0.3 is 5.11 Å². The van der Waals surface area contributed by atoms with Crippen LogP contribution in [0.3, 0.4) is 0 Å². The smallest absolute Gasteiger partial charge is 0.299 e. The second-order valence-electron chi connectivity index (χ2n) is 2.58. The first-order valence-corrected chi connectivity index (χ1v) is 5.00. The van der Waals surface area contributed by atoms with E-state index in [0.29, 0.717) is 5.52 Å². The molecule has 2 aromatic rings. The molecule has 0 atom stereocenters. The number of benzene rings is 1. The van der Waals surface area contributed by atoms with Crippen LogP contribution in [0.4, 0.5) is 0 Å². The Labute approximate surface area is 88.5 Å². The molecule has 0 aliphatic heterocycles. The zero-order valence-electron chi connectivity index (χ0n) is 7.57. The number of para-hydroxylation sites is 1. The van der Waals surface area contributed by atoms with E-state index in [1.54, 1.807) is 18.3 Å². The molecule has 0 aliphatic rings. The average Bonchev–Trinajstić information content (AvgIpc) is 2.18. The van der Waals surface area contributed by atoms with Crippen LogP contribution in [-0.4, -0.2) is 23.4 Å². The zero-order chi connectivity index (χ0) is 11.3. The topological polar surface area (TPSA) is 90.7 Å². The number of aromatic nitrogens is 1. The van der Waals surface area contributed by atoms with Crippen molar-refractivity contribution in [2.75, 3.05) is 0 Å². The third-order valence-corrected chi connectivity index (χ3v) is 1.61. The Balaban J connectivity index is 0.000000245. The van der Waals surface area contributed by atoms with E-state index in [-0.39, 0.29) is 5.75 Å². The molecule has 0 saturated carbocycles. The van der Waals surface area contributed by atoms with Gasteiger partial charge in [0.2, 0.25) is 0 Å². The fourth-order valence-electron chi connectivity index (χ4n) is 1.09. The Kier molecular flexibility index (Phi) is 4.17. The monoisotopic (exact) mass is 227 g/mol. The summed E-state index contributed by atoms with van der Waals surface area (Å²) in [6, 6.07) is 9.13. The van der Waals surface area contributed by atoms with Gasteiger partial charge in [-0.1, -0.05) is 18.2 Å². The minimum Gasteiger partial charge on any atom is -0.506 e. The molecule has 1 aromatic carbocycles. The normalized spacial score (nSPS) is 9.80. The molecule has 0 bridgehead atoms. The van der Waals surface area contributed by atoms with Crippen molar-refractivity contribution in [2.45, 2.75) is 0 Å². The number of phenolic OH excluding ortho intramolecular Hbond substituents is 1. The maximum absolute atomic E-state index is 9.31. The lowest BCUT2D eigenvalue weighted by molar-refractivity contribution is 0.454. The van der Waals surface area contributed by atoms with Crippen molar-refractivity contribution in [1.29, 1.82) is 0 Å². The van der Waals surface area contributed by atoms with Crippen LogP contribution in [-0.2, 0) is 11.4 Å². The van der Waals surface area contributed by atoms with E-state index in [2.05, 4.69) is 4.98 Å². The molecule has 3 N–H and O–H groups in total. The van der Waals surface area contributed by atoms with Crippen molar-refractivity contribution < 1.29 is 18.4 Å². The molecule has 15 heavy (non-hydrogen) atoms. The number of hydrogen-bond acceptors (Lipinski definition) is 3. The molecule has 0 spiro atoms. The number of pyridine rings is 1. The zero-order valence-corrected chi connectivity index (χ0v) is 8.39. The maximum Gasteiger partial charge on any atom is 0.299 e. The Morgan fingerprint density at radius 2 is 1.73 bits per heavy atom. The number of nitrogens with zero attached hydrogens (tertiary/aromatic N) is 1. The summed E-state index contributed by atoms with van der Waals surface area (Å²) >= 11 is -2.61. The van der Waals surface area contributed by atoms with Gasteiger partial charge in [0, 0.05) is 11.6 Å². The molecule has 5 nitrogen and oxygen atoms in total. The van der Waals surface area contributed by atoms with Crippen LogP contribution in [0, 0.1) is 0 Å². The molecule has 0 aliphatic carbocycles. The molecule has 6 heteroatoms. The van der Waals surface area contributed by atoms with E-state index in [1.807, 2.05) is 18.2 Å². The minimum absolute atomic E-state index is 0.239. The van der Waals surface area contributed by atoms with Crippen molar-refractivity contribution in [1.82, 2.24) is 4.98 Å². The molecule has 1 heterocycles. The van der Waals surface area contributed by atoms with Gasteiger partial charge in [0.05, 0.1) is 0 Å². The summed E-state index contributed by atoms with van der Waals surface area (Å²) in [5.41, 5.74) is 0.662. The third kappa shape index (κ3) is 3.62. The van der Waals surface area contributed by atoms with Gasteiger partial charge in [0.25, 0.3) is 11.4 Å². The standard InChI is InChI=1S/C9H7NO.H2O3S/c11-8-5-1-3-7-4-2-6-10-9(7)8;1-4(2)3/h1-6,11H;(H2,1,2,3). The van der Waals surface area contributed by atoms with Gasteiger partial charge in [-0.05, 0) is 12.1 Å². The average molecular weight is 227 g/mol. The van der Waals surface area contributed by atoms with Crippen molar-refractivity contribution >= 4 is 22.3 Å². The van der Waals surface area contributed by atoms with Gasteiger partial charge in [-0.3, -0.25) is 14.1 Å². The summed E-state index contributed by atoms with van der Waals surface area (Å²) in [7, 11) is 0. The lowest BCUT2D eigenvalue weighted by atomic mass is 10.2. The van der Waals surface area contributed by atoms with E-state index >= 15 is 0 Å². The first kappa shape index (κ1) is 11.6. The SMILES string of the molecule is O=S(O)O.Oc1cccc2cccnc12. The summed E-state index contributed by atoms with van der Waals surface area (Å²) in [6.45, 7) is 0. The van der Waals surface area contributed by atoms with Crippen molar-refractivity contribution in [2.24, 2.45) is 0 Å². The Hall–Kier alpha value is -1.50. The second-order valence-corrected chi connectivity index (χ2v) is 3.04. The van der Waals surface area contributed by atoms with Crippen LogP contribution in [0.15, 0.2) is 36.5 Å². The van der Waals surface area contributed by atoms with Crippen molar-refractivity contribution in [3.63, 3.8) is 0 Å². The largest absolute Gasteiger partial charge is 0.506 e. The third-order valence-electron chi connectivity index (χ3n) is 1.61. The molecule has 2 rings (SSSR count). The van der Waals surface area contributed by atoms with E-state index < -0.39 is 11.4 Å². The van der Waals surface area contributed by atoms with Crippen LogP contribution in [0.2, 0.25) is 0 Å². The van der Waals surface area contributed by atoms with Crippen LogP contribution >= 0.6 is 0 Å². The number of hydrogen-bond donors (Lipinski definition) is 3. The highest BCUT2D eigenvalue weighted by Crippen LogP contribution is 2.20. The molecule has 80 valence electrons. The lowest BCUT2D eigenvalue weighted by Crippen LogP contribution is -1.76. The van der Waals surface area contributed by atoms with Gasteiger partial charge in [0.1, 0.15) is 11.3 Å². The second kappa shape index (κ2) is 5.40. The van der Waals surface area contributed by atoms with Gasteiger partial charge in [-0.15, -0.1) is 0 Å². The molecule has 0 radical (unpaired) electrons. The lowest BCUT2D eigenvalue weighted by Gasteiger charge is -1.96. The van der Waals surface area contributed by atoms with E-state index in [4.69, 9.17) is 13.3 Å². The minimum atomic E-state index is -2.61. The maximum atomic E-state index is 9.31. The Morgan fingerprint density at radius 1 is 1.13 bits per heavy atom. The number of fused-ring (bicyclic) bond motifs is 1. The molecule has 0 saturated heterocycles. The molecule has 0 unspecified atom stereocenters. The Bertz CT molecular complexity index is 465. The molecule has 0 fully saturated rings. The predicted octanol–water partition coefficient (Wildman–Crippen LogP) is 1.62. The highest BCUT2D eigenvalue weighted by molar-refractivity contribution is 7.73. The van der Waals surface area contributed by atoms with E-state index in [9.17, 15) is 5.11 Å². The summed E-state index contributed by atoms with van der Waals surface area (Å²) in [5, 5.41) is 10.3. The van der Waals surface area contributed by atoms with Gasteiger partial charge >= 0.3 is 0 Å². The molecular weight excluding hydrogens is 218 g/mol. The van der Waals surface area contributed by atoms with Gasteiger partial charge in [-0.25, -0.2) is 0 Å². The quantitative estimate of drug-likeness (QED) is 0.595. The fourth-order valence-corrected chi connectivity index (χ4v) is 1.09. The molecular formula is C9H9NO4S. The molecule has 0 amide bonds. The number of aromatic hydroxyl groups is 1. The van der Waals surface area contributed by atoms with E-state index in [1.165, 1.54) is 0 Å². The first-order valence-electron chi connectivity index (χ1n) is 3.94. The summed E-state index contributed by atoms with van der Waals surface area (Å²) in [4.78, 5) is 4.03. The summed E-state index contributed by atoms with van der Waals surface area (Å²) in [5.74, 6) is 0.239. The van der Waals surface area contributed by atoms with Gasteiger partial charge in [0.15, 0.2) is 0 Å². The van der Waals surface area contributed by atoms with E-state index in [0.717, 1.165) is 5.39 Å². The number of phenols is 1. The van der Waals surface area contributed by atoms with Crippen molar-refractivity contribution in [3.05, 3.63) is 36.5 Å². The van der Waals surface area contributed by atoms with Crippen molar-refractivity contribution in [3.8, 4) is 5.75 Å². The van der Waals surface area contributed by atoms with Crippen LogP contribution in [0.25, 0.3) is 10.9 Å². The van der Waals surface area contributed by atoms with Gasteiger partial charge in [-0.2, -0.15) is 4.21 Å². The van der Waals surface area contributed by atoms with Crippen LogP contribution in [0.5, 0.6) is 5.75 Å². The Morgan fingerprint density at radius 3 is 2.33 bits per heavy atom. The number of rotatable bonds is 0. The highest BCUT2D eigenvalue weighted by Gasteiger charge is 1.96. The fraction of sp³-hybridized carbons (Fsp3) is 0. The summed E-state index contributed by atoms with van der Waals surface area (Å²) in [6.07, 6.45) is 1.67. The van der Waals surface area contributed by atoms with Crippen LogP contribution in [0.1, 0.15) is 0 Å². The highest BCUT2D eigenvalue weighted by atomic mass is 32.2. The van der Waals surface area contributed by atoms with Crippen LogP contribution < -0.4 is 0 Å². The first-order chi connectivity index (χ1) is 7.11. The predicted molar refractivity (Wildman–Crippen MR) is 56.8 cm³/mol. The summed E-state index contributed by atoms with van der Waals surface area (Å²) < 4.78 is 22.8.